The molecule has 0 radical (unpaired) electrons. The van der Waals surface area contributed by atoms with Gasteiger partial charge in [0.25, 0.3) is 0 Å². The number of hydrogen-bond donors (Lipinski definition) is 1. The van der Waals surface area contributed by atoms with Crippen molar-refractivity contribution in [1.29, 1.82) is 0 Å². The summed E-state index contributed by atoms with van der Waals surface area (Å²) < 4.78 is 4.00. The van der Waals surface area contributed by atoms with E-state index < -0.39 is 0 Å². The first-order valence-electron chi connectivity index (χ1n) is 6.61. The largest absolute Gasteiger partial charge is 0.363 e. The van der Waals surface area contributed by atoms with Gasteiger partial charge in [-0.1, -0.05) is 13.8 Å². The molecule has 2 heterocycles. The molecule has 0 fully saturated rings. The second-order valence-corrected chi connectivity index (χ2v) is 4.36. The molecule has 0 saturated carbocycles. The van der Waals surface area contributed by atoms with Crippen molar-refractivity contribution < 1.29 is 0 Å². The molecule has 1 N–H and O–H groups in total. The average Bonchev–Trinajstić information content (AvgIpc) is 2.97. The van der Waals surface area contributed by atoms with Gasteiger partial charge < -0.3 is 5.32 Å². The molecule has 5 heteroatoms. The van der Waals surface area contributed by atoms with Crippen LogP contribution in [0.1, 0.15) is 32.4 Å². The fraction of sp³-hybridized carbons (Fsp3) is 0.538. The molecule has 0 spiro atoms. The van der Waals surface area contributed by atoms with Gasteiger partial charge in [0, 0.05) is 31.5 Å². The van der Waals surface area contributed by atoms with Crippen molar-refractivity contribution in [2.24, 2.45) is 0 Å². The Labute approximate surface area is 108 Å². The van der Waals surface area contributed by atoms with Gasteiger partial charge in [0.05, 0.1) is 12.2 Å². The summed E-state index contributed by atoms with van der Waals surface area (Å²) in [4.78, 5) is 0. The predicted octanol–water partition coefficient (Wildman–Crippen LogP) is 2.51. The molecule has 2 rings (SSSR count). The van der Waals surface area contributed by atoms with Crippen molar-refractivity contribution in [3.63, 3.8) is 0 Å². The van der Waals surface area contributed by atoms with Crippen LogP contribution in [0.15, 0.2) is 24.5 Å². The molecule has 0 aromatic carbocycles. The topological polar surface area (TPSA) is 47.7 Å². The van der Waals surface area contributed by atoms with Crippen molar-refractivity contribution >= 4 is 5.82 Å². The number of rotatable bonds is 7. The fourth-order valence-corrected chi connectivity index (χ4v) is 1.91. The fourth-order valence-electron chi connectivity index (χ4n) is 1.91. The van der Waals surface area contributed by atoms with E-state index in [0.717, 1.165) is 38.3 Å². The zero-order valence-electron chi connectivity index (χ0n) is 11.1. The van der Waals surface area contributed by atoms with Crippen LogP contribution < -0.4 is 5.32 Å². The molecule has 0 aliphatic rings. The standard InChI is InChI=1S/C13H21N5/c1-3-8-17-10-6-13(16-17)14-11-12-5-7-15-18(12)9-4-2/h5-7,10H,3-4,8-9,11H2,1-2H3,(H,14,16). The van der Waals surface area contributed by atoms with Crippen molar-refractivity contribution in [2.45, 2.75) is 46.3 Å². The van der Waals surface area contributed by atoms with Crippen molar-refractivity contribution in [2.75, 3.05) is 5.32 Å². The number of nitrogens with one attached hydrogen (secondary N) is 1. The van der Waals surface area contributed by atoms with E-state index in [1.165, 1.54) is 5.69 Å². The van der Waals surface area contributed by atoms with Gasteiger partial charge in [-0.3, -0.25) is 9.36 Å². The summed E-state index contributed by atoms with van der Waals surface area (Å²) in [5.41, 5.74) is 1.20. The van der Waals surface area contributed by atoms with E-state index in [0.29, 0.717) is 0 Å². The third kappa shape index (κ3) is 3.12. The van der Waals surface area contributed by atoms with Crippen LogP contribution in [0.2, 0.25) is 0 Å². The highest BCUT2D eigenvalue weighted by Gasteiger charge is 2.03. The molecule has 2 aromatic heterocycles. The Balaban J connectivity index is 1.91. The molecule has 0 saturated heterocycles. The maximum atomic E-state index is 4.45. The summed E-state index contributed by atoms with van der Waals surface area (Å²) in [5, 5.41) is 12.1. The Morgan fingerprint density at radius 1 is 1.17 bits per heavy atom. The molecule has 18 heavy (non-hydrogen) atoms. The van der Waals surface area contributed by atoms with Crippen molar-refractivity contribution in [3.8, 4) is 0 Å². The number of hydrogen-bond acceptors (Lipinski definition) is 3. The minimum absolute atomic E-state index is 0.767. The van der Waals surface area contributed by atoms with Crippen LogP contribution in [0.5, 0.6) is 0 Å². The van der Waals surface area contributed by atoms with Crippen LogP contribution in [0, 0.1) is 0 Å². The molecule has 0 atom stereocenters. The lowest BCUT2D eigenvalue weighted by atomic mass is 10.4. The second-order valence-electron chi connectivity index (χ2n) is 4.36. The van der Waals surface area contributed by atoms with Crippen LogP contribution in [0.4, 0.5) is 5.82 Å². The highest BCUT2D eigenvalue weighted by Crippen LogP contribution is 2.07. The Hall–Kier alpha value is -1.78. The normalized spacial score (nSPS) is 10.8. The summed E-state index contributed by atoms with van der Waals surface area (Å²) in [6.07, 6.45) is 6.06. The van der Waals surface area contributed by atoms with Crippen LogP contribution in [-0.4, -0.2) is 19.6 Å². The van der Waals surface area contributed by atoms with Gasteiger partial charge in [-0.25, -0.2) is 0 Å². The first-order chi connectivity index (χ1) is 8.83. The zero-order chi connectivity index (χ0) is 12.8. The van der Waals surface area contributed by atoms with E-state index in [4.69, 9.17) is 0 Å². The Morgan fingerprint density at radius 2 is 2.00 bits per heavy atom. The maximum Gasteiger partial charge on any atom is 0.148 e. The molecule has 98 valence electrons. The molecule has 0 aliphatic carbocycles. The van der Waals surface area contributed by atoms with Crippen LogP contribution >= 0.6 is 0 Å². The van der Waals surface area contributed by atoms with Gasteiger partial charge in [-0.2, -0.15) is 10.2 Å². The minimum atomic E-state index is 0.767. The lowest BCUT2D eigenvalue weighted by molar-refractivity contribution is 0.577. The first-order valence-corrected chi connectivity index (χ1v) is 6.61. The van der Waals surface area contributed by atoms with Gasteiger partial charge in [0.1, 0.15) is 5.82 Å². The van der Waals surface area contributed by atoms with E-state index in [2.05, 4.69) is 29.4 Å². The first kappa shape index (κ1) is 12.7. The summed E-state index contributed by atoms with van der Waals surface area (Å²) >= 11 is 0. The van der Waals surface area contributed by atoms with Crippen LogP contribution in [0.25, 0.3) is 0 Å². The van der Waals surface area contributed by atoms with Gasteiger partial charge in [-0.15, -0.1) is 0 Å². The lowest BCUT2D eigenvalue weighted by Crippen LogP contribution is -2.09. The summed E-state index contributed by atoms with van der Waals surface area (Å²) in [7, 11) is 0. The molecule has 0 amide bonds. The third-order valence-electron chi connectivity index (χ3n) is 2.78. The lowest BCUT2D eigenvalue weighted by Gasteiger charge is -2.06. The quantitative estimate of drug-likeness (QED) is 0.817. The molecular formula is C13H21N5. The van der Waals surface area contributed by atoms with Gasteiger partial charge in [0.2, 0.25) is 0 Å². The maximum absolute atomic E-state index is 4.45. The van der Waals surface area contributed by atoms with Crippen LogP contribution in [-0.2, 0) is 19.6 Å². The molecule has 5 nitrogen and oxygen atoms in total. The van der Waals surface area contributed by atoms with E-state index in [1.807, 2.05) is 33.9 Å². The Bertz CT molecular complexity index is 471. The summed E-state index contributed by atoms with van der Waals surface area (Å²) in [6.45, 7) is 7.01. The van der Waals surface area contributed by atoms with Gasteiger partial charge in [0.15, 0.2) is 0 Å². The summed E-state index contributed by atoms with van der Waals surface area (Å²) in [6, 6.07) is 4.06. The smallest absolute Gasteiger partial charge is 0.148 e. The SMILES string of the molecule is CCCn1ccc(NCc2ccnn2CCC)n1. The van der Waals surface area contributed by atoms with E-state index in [-0.39, 0.29) is 0 Å². The minimum Gasteiger partial charge on any atom is -0.363 e. The highest BCUT2D eigenvalue weighted by atomic mass is 15.3. The van der Waals surface area contributed by atoms with E-state index in [1.54, 1.807) is 0 Å². The monoisotopic (exact) mass is 247 g/mol. The number of nitrogens with zero attached hydrogens (tertiary/aromatic N) is 4. The van der Waals surface area contributed by atoms with E-state index >= 15 is 0 Å². The third-order valence-corrected chi connectivity index (χ3v) is 2.78. The number of anilines is 1. The molecule has 0 aliphatic heterocycles. The molecule has 0 unspecified atom stereocenters. The number of aryl methyl sites for hydroxylation is 2. The Morgan fingerprint density at radius 3 is 2.78 bits per heavy atom. The van der Waals surface area contributed by atoms with Gasteiger partial charge >= 0.3 is 0 Å². The van der Waals surface area contributed by atoms with Crippen LogP contribution in [0.3, 0.4) is 0 Å². The van der Waals surface area contributed by atoms with Crippen molar-refractivity contribution in [3.05, 3.63) is 30.2 Å². The molecule has 2 aromatic rings. The average molecular weight is 247 g/mol. The number of aromatic nitrogens is 4. The van der Waals surface area contributed by atoms with Crippen molar-refractivity contribution in [1.82, 2.24) is 19.6 Å². The summed E-state index contributed by atoms with van der Waals surface area (Å²) in [5.74, 6) is 0.924. The molecular weight excluding hydrogens is 226 g/mol. The predicted molar refractivity (Wildman–Crippen MR) is 72.4 cm³/mol. The van der Waals surface area contributed by atoms with Gasteiger partial charge in [-0.05, 0) is 18.9 Å². The second kappa shape index (κ2) is 6.23. The Kier molecular flexibility index (Phi) is 4.39. The highest BCUT2D eigenvalue weighted by molar-refractivity contribution is 5.32. The zero-order valence-corrected chi connectivity index (χ0v) is 11.1. The van der Waals surface area contributed by atoms with E-state index in [9.17, 15) is 0 Å². The molecule has 0 bridgehead atoms.